The van der Waals surface area contributed by atoms with Crippen LogP contribution in [0.25, 0.3) is 11.1 Å². The number of nitrogens with one attached hydrogen (secondary N) is 2. The number of nitriles is 1. The van der Waals surface area contributed by atoms with Crippen molar-refractivity contribution < 1.29 is 14.0 Å². The first-order valence-corrected chi connectivity index (χ1v) is 10.5. The fourth-order valence-corrected chi connectivity index (χ4v) is 3.97. The third-order valence-corrected chi connectivity index (χ3v) is 5.59. The summed E-state index contributed by atoms with van der Waals surface area (Å²) in [4.78, 5) is 37.7. The summed E-state index contributed by atoms with van der Waals surface area (Å²) in [7, 11) is 0. The highest BCUT2D eigenvalue weighted by Gasteiger charge is 2.30. The number of aliphatic imine (C=N–C) groups is 1. The summed E-state index contributed by atoms with van der Waals surface area (Å²) in [6.45, 7) is 2.15. The average Bonchev–Trinajstić information content (AvgIpc) is 3.43. The second-order valence-corrected chi connectivity index (χ2v) is 7.73. The molecule has 2 amide bonds. The van der Waals surface area contributed by atoms with Crippen molar-refractivity contribution in [2.24, 2.45) is 4.99 Å². The molecule has 2 aromatic rings. The molecule has 1 aromatic heterocycles. The molecular weight excluding hydrogens is 398 g/mol. The van der Waals surface area contributed by atoms with Gasteiger partial charge in [0.25, 0.3) is 0 Å². The van der Waals surface area contributed by atoms with Crippen molar-refractivity contribution in [3.05, 3.63) is 24.6 Å². The number of hydrogen-bond donors (Lipinski definition) is 2. The number of nitrogens with zero attached hydrogens (tertiary/aromatic N) is 5. The maximum Gasteiger partial charge on any atom is 0.247 e. The number of likely N-dealkylation sites (tertiary alicyclic amines) is 2. The zero-order valence-corrected chi connectivity index (χ0v) is 17.2. The molecule has 2 aliphatic heterocycles. The lowest BCUT2D eigenvalue weighted by atomic mass is 10.1. The molecule has 2 aliphatic rings. The zero-order valence-electron chi connectivity index (χ0n) is 17.2. The van der Waals surface area contributed by atoms with Crippen LogP contribution >= 0.6 is 0 Å². The monoisotopic (exact) mass is 423 g/mol. The van der Waals surface area contributed by atoms with Gasteiger partial charge in [-0.15, -0.1) is 0 Å². The number of rotatable bonds is 4. The van der Waals surface area contributed by atoms with Crippen LogP contribution in [0.1, 0.15) is 32.1 Å². The summed E-state index contributed by atoms with van der Waals surface area (Å²) in [6, 6.07) is 4.64. The van der Waals surface area contributed by atoms with Gasteiger partial charge in [-0.05, 0) is 50.3 Å². The Balaban J connectivity index is 1.48. The molecule has 0 aliphatic carbocycles. The highest BCUT2D eigenvalue weighted by Crippen LogP contribution is 2.19. The van der Waals surface area contributed by atoms with Gasteiger partial charge in [0.15, 0.2) is 18.2 Å². The minimum Gasteiger partial charge on any atom is -0.443 e. The molecule has 0 bridgehead atoms. The number of benzene rings is 1. The van der Waals surface area contributed by atoms with Crippen molar-refractivity contribution in [1.29, 1.82) is 5.26 Å². The van der Waals surface area contributed by atoms with E-state index in [1.807, 2.05) is 11.1 Å². The molecule has 0 spiro atoms. The Labute approximate surface area is 179 Å². The Kier molecular flexibility index (Phi) is 6.31. The number of aromatic nitrogens is 1. The van der Waals surface area contributed by atoms with E-state index >= 15 is 0 Å². The molecule has 3 heterocycles. The Morgan fingerprint density at radius 3 is 2.87 bits per heavy atom. The van der Waals surface area contributed by atoms with Crippen molar-refractivity contribution >= 4 is 34.6 Å². The number of amides is 2. The van der Waals surface area contributed by atoms with Crippen LogP contribution in [0, 0.1) is 11.5 Å². The number of carbonyl (C=O) groups excluding carboxylic acids is 2. The number of oxazole rings is 1. The van der Waals surface area contributed by atoms with Gasteiger partial charge in [-0.1, -0.05) is 0 Å². The molecular formula is C21H25N7O3. The van der Waals surface area contributed by atoms with Crippen LogP contribution in [0.5, 0.6) is 0 Å². The van der Waals surface area contributed by atoms with E-state index in [1.54, 1.807) is 23.1 Å². The molecule has 0 unspecified atom stereocenters. The lowest BCUT2D eigenvalue weighted by Gasteiger charge is -2.25. The van der Waals surface area contributed by atoms with E-state index < -0.39 is 6.04 Å². The lowest BCUT2D eigenvalue weighted by molar-refractivity contribution is -0.140. The molecule has 10 nitrogen and oxygen atoms in total. The van der Waals surface area contributed by atoms with Gasteiger partial charge in [-0.2, -0.15) is 5.26 Å². The van der Waals surface area contributed by atoms with Crippen LogP contribution < -0.4 is 10.6 Å². The smallest absolute Gasteiger partial charge is 0.247 e. The van der Waals surface area contributed by atoms with E-state index in [-0.39, 0.29) is 24.3 Å². The molecule has 31 heavy (non-hydrogen) atoms. The number of hydrogen-bond acceptors (Lipinski definition) is 6. The molecule has 2 fully saturated rings. The van der Waals surface area contributed by atoms with Crippen molar-refractivity contribution in [3.63, 3.8) is 0 Å². The Morgan fingerprint density at radius 1 is 1.26 bits per heavy atom. The van der Waals surface area contributed by atoms with Crippen molar-refractivity contribution in [3.8, 4) is 6.19 Å². The second kappa shape index (κ2) is 9.47. The quantitative estimate of drug-likeness (QED) is 0.331. The van der Waals surface area contributed by atoms with E-state index in [0.717, 1.165) is 38.8 Å². The van der Waals surface area contributed by atoms with Gasteiger partial charge in [-0.25, -0.2) is 9.98 Å². The predicted octanol–water partition coefficient (Wildman–Crippen LogP) is 1.67. The Morgan fingerprint density at radius 2 is 2.06 bits per heavy atom. The van der Waals surface area contributed by atoms with Crippen LogP contribution in [0.15, 0.2) is 34.0 Å². The van der Waals surface area contributed by atoms with Gasteiger partial charge < -0.3 is 19.5 Å². The van der Waals surface area contributed by atoms with E-state index in [4.69, 9.17) is 9.68 Å². The van der Waals surface area contributed by atoms with Gasteiger partial charge >= 0.3 is 0 Å². The molecule has 0 saturated carbocycles. The van der Waals surface area contributed by atoms with Gasteiger partial charge in [0.2, 0.25) is 17.8 Å². The van der Waals surface area contributed by atoms with Crippen molar-refractivity contribution in [2.75, 3.05) is 31.5 Å². The summed E-state index contributed by atoms with van der Waals surface area (Å²) >= 11 is 0. The number of carbonyl (C=O) groups is 2. The van der Waals surface area contributed by atoms with Crippen molar-refractivity contribution in [2.45, 2.75) is 38.1 Å². The molecule has 10 heteroatoms. The zero-order chi connectivity index (χ0) is 21.6. The summed E-state index contributed by atoms with van der Waals surface area (Å²) in [5.41, 5.74) is 1.97. The van der Waals surface area contributed by atoms with E-state index in [9.17, 15) is 9.59 Å². The van der Waals surface area contributed by atoms with Gasteiger partial charge in [0.05, 0.1) is 6.54 Å². The van der Waals surface area contributed by atoms with Crippen LogP contribution in [-0.2, 0) is 9.59 Å². The first-order valence-electron chi connectivity index (χ1n) is 10.5. The maximum absolute atomic E-state index is 13.1. The maximum atomic E-state index is 13.1. The molecule has 4 rings (SSSR count). The molecule has 0 radical (unpaired) electrons. The summed E-state index contributed by atoms with van der Waals surface area (Å²) in [5.74, 6) is -0.0163. The standard InChI is InChI=1S/C21H25N7O3/c22-13-23-21(25-15-6-7-18-17(11-15)24-14-31-18)26-16-5-1-2-10-28(20(16)30)12-19(29)27-8-3-4-9-27/h6-7,11,14,16H,1-5,8-10,12H2,(H2,23,25,26)/t16-/m0/s1. The fraction of sp³-hybridized carbons (Fsp3) is 0.476. The van der Waals surface area contributed by atoms with Crippen LogP contribution in [-0.4, -0.2) is 64.8 Å². The SMILES string of the molecule is N#CNC(=N[C@H]1CCCCN(CC(=O)N2CCCC2)C1=O)Nc1ccc2ocnc2c1. The Hall–Kier alpha value is -3.61. The molecule has 162 valence electrons. The summed E-state index contributed by atoms with van der Waals surface area (Å²) in [5, 5.41) is 14.7. The van der Waals surface area contributed by atoms with Gasteiger partial charge in [0.1, 0.15) is 11.6 Å². The third-order valence-electron chi connectivity index (χ3n) is 5.59. The first-order chi connectivity index (χ1) is 15.1. The lowest BCUT2D eigenvalue weighted by Crippen LogP contribution is -2.45. The van der Waals surface area contributed by atoms with Crippen LogP contribution in [0.3, 0.4) is 0 Å². The summed E-state index contributed by atoms with van der Waals surface area (Å²) < 4.78 is 5.24. The highest BCUT2D eigenvalue weighted by molar-refractivity contribution is 5.98. The minimum absolute atomic E-state index is 0.00936. The topological polar surface area (TPSA) is 127 Å². The van der Waals surface area contributed by atoms with E-state index in [0.29, 0.717) is 29.8 Å². The largest absolute Gasteiger partial charge is 0.443 e. The average molecular weight is 423 g/mol. The third kappa shape index (κ3) is 4.94. The highest BCUT2D eigenvalue weighted by atomic mass is 16.3. The molecule has 2 N–H and O–H groups in total. The van der Waals surface area contributed by atoms with E-state index in [1.165, 1.54) is 6.39 Å². The number of guanidine groups is 1. The fourth-order valence-electron chi connectivity index (χ4n) is 3.97. The van der Waals surface area contributed by atoms with Crippen molar-refractivity contribution in [1.82, 2.24) is 20.1 Å². The van der Waals surface area contributed by atoms with E-state index in [2.05, 4.69) is 20.6 Å². The van der Waals surface area contributed by atoms with Crippen LogP contribution in [0.2, 0.25) is 0 Å². The van der Waals surface area contributed by atoms with Crippen LogP contribution in [0.4, 0.5) is 5.69 Å². The molecule has 2 saturated heterocycles. The van der Waals surface area contributed by atoms with Gasteiger partial charge in [-0.3, -0.25) is 14.9 Å². The Bertz CT molecular complexity index is 1020. The van der Waals surface area contributed by atoms with Gasteiger partial charge in [0, 0.05) is 25.3 Å². The second-order valence-electron chi connectivity index (χ2n) is 7.73. The number of anilines is 1. The number of fused-ring (bicyclic) bond motifs is 1. The predicted molar refractivity (Wildman–Crippen MR) is 114 cm³/mol. The summed E-state index contributed by atoms with van der Waals surface area (Å²) in [6.07, 6.45) is 7.45. The molecule has 1 atom stereocenters. The normalized spacial score (nSPS) is 19.9. The minimum atomic E-state index is -0.659. The molecule has 1 aromatic carbocycles. The first kappa shape index (κ1) is 20.7.